The van der Waals surface area contributed by atoms with Crippen molar-refractivity contribution in [1.82, 2.24) is 9.47 Å². The highest BCUT2D eigenvalue weighted by atomic mass is 32.1. The Balaban J connectivity index is 2.37. The van der Waals surface area contributed by atoms with E-state index in [1.807, 2.05) is 11.5 Å². The van der Waals surface area contributed by atoms with Gasteiger partial charge in [-0.25, -0.2) is 4.79 Å². The Labute approximate surface area is 142 Å². The largest absolute Gasteiger partial charge is 0.462 e. The van der Waals surface area contributed by atoms with Crippen molar-refractivity contribution in [3.05, 3.63) is 27.5 Å². The summed E-state index contributed by atoms with van der Waals surface area (Å²) in [5, 5.41) is 9.31. The lowest BCUT2D eigenvalue weighted by Crippen LogP contribution is -2.35. The molecular weight excluding hydrogens is 310 g/mol. The molecule has 0 bridgehead atoms. The molecule has 5 nitrogen and oxygen atoms in total. The average Bonchev–Trinajstić information content (AvgIpc) is 2.53. The molecule has 124 valence electrons. The quantitative estimate of drug-likeness (QED) is 0.625. The van der Waals surface area contributed by atoms with Gasteiger partial charge in [0, 0.05) is 18.8 Å². The molecule has 0 atom stereocenters. The van der Waals surface area contributed by atoms with E-state index in [0.29, 0.717) is 29.0 Å². The maximum Gasteiger partial charge on any atom is 0.339 e. The van der Waals surface area contributed by atoms with Crippen LogP contribution in [0.1, 0.15) is 48.3 Å². The van der Waals surface area contributed by atoms with Crippen molar-refractivity contribution in [2.45, 2.75) is 40.3 Å². The molecule has 1 aromatic rings. The predicted molar refractivity (Wildman–Crippen MR) is 90.6 cm³/mol. The van der Waals surface area contributed by atoms with Gasteiger partial charge in [-0.1, -0.05) is 19.1 Å². The lowest BCUT2D eigenvalue weighted by Gasteiger charge is -2.31. The van der Waals surface area contributed by atoms with Gasteiger partial charge in [0.15, 0.2) is 0 Å². The Morgan fingerprint density at radius 3 is 2.70 bits per heavy atom. The number of piperidine rings is 1. The number of likely N-dealkylation sites (tertiary alicyclic amines) is 1. The molecule has 1 aliphatic rings. The summed E-state index contributed by atoms with van der Waals surface area (Å²) >= 11 is 5.44. The third kappa shape index (κ3) is 3.98. The Morgan fingerprint density at radius 1 is 1.48 bits per heavy atom. The molecule has 0 N–H and O–H groups in total. The van der Waals surface area contributed by atoms with E-state index in [1.165, 1.54) is 0 Å². The molecule has 1 saturated heterocycles. The molecule has 0 unspecified atom stereocenters. The van der Waals surface area contributed by atoms with Crippen LogP contribution in [0.2, 0.25) is 0 Å². The van der Waals surface area contributed by atoms with Gasteiger partial charge in [0.2, 0.25) is 0 Å². The lowest BCUT2D eigenvalue weighted by atomic mass is 10.00. The average molecular weight is 333 g/mol. The summed E-state index contributed by atoms with van der Waals surface area (Å²) in [5.41, 5.74) is 1.52. The number of carbonyl (C=O) groups is 1. The molecular formula is C17H23N3O2S. The number of nitriles is 1. The van der Waals surface area contributed by atoms with Crippen molar-refractivity contribution < 1.29 is 9.53 Å². The van der Waals surface area contributed by atoms with Crippen LogP contribution in [-0.2, 0) is 11.4 Å². The number of hydrogen-bond donors (Lipinski definition) is 0. The summed E-state index contributed by atoms with van der Waals surface area (Å²) in [7, 11) is 0. The van der Waals surface area contributed by atoms with E-state index in [1.54, 1.807) is 13.0 Å². The normalized spacial score (nSPS) is 16.1. The monoisotopic (exact) mass is 333 g/mol. The van der Waals surface area contributed by atoms with E-state index >= 15 is 0 Å². The zero-order valence-electron chi connectivity index (χ0n) is 14.0. The van der Waals surface area contributed by atoms with Gasteiger partial charge in [0.25, 0.3) is 0 Å². The molecule has 0 aliphatic carbocycles. The molecule has 0 spiro atoms. The lowest BCUT2D eigenvalue weighted by molar-refractivity contribution is 0.0523. The van der Waals surface area contributed by atoms with Crippen molar-refractivity contribution in [2.24, 2.45) is 5.92 Å². The van der Waals surface area contributed by atoms with E-state index in [-0.39, 0.29) is 0 Å². The maximum atomic E-state index is 12.1. The van der Waals surface area contributed by atoms with E-state index in [4.69, 9.17) is 17.0 Å². The third-order valence-electron chi connectivity index (χ3n) is 4.39. The summed E-state index contributed by atoms with van der Waals surface area (Å²) in [5.74, 6) is 0.346. The second-order valence-corrected chi connectivity index (χ2v) is 6.45. The minimum absolute atomic E-state index is 0.305. The smallest absolute Gasteiger partial charge is 0.339 e. The first-order chi connectivity index (χ1) is 11.0. The van der Waals surface area contributed by atoms with Gasteiger partial charge in [-0.2, -0.15) is 5.26 Å². The third-order valence-corrected chi connectivity index (χ3v) is 4.83. The summed E-state index contributed by atoms with van der Waals surface area (Å²) in [6, 6.07) is 3.64. The number of rotatable bonds is 4. The second kappa shape index (κ2) is 7.71. The summed E-state index contributed by atoms with van der Waals surface area (Å²) in [4.78, 5) is 14.5. The van der Waals surface area contributed by atoms with Crippen LogP contribution in [0.4, 0.5) is 0 Å². The molecule has 6 heteroatoms. The van der Waals surface area contributed by atoms with Gasteiger partial charge >= 0.3 is 5.97 Å². The Kier molecular flexibility index (Phi) is 5.91. The highest BCUT2D eigenvalue weighted by Gasteiger charge is 2.20. The Bertz CT molecular complexity index is 682. The van der Waals surface area contributed by atoms with Crippen LogP contribution in [0.25, 0.3) is 0 Å². The van der Waals surface area contributed by atoms with Gasteiger partial charge in [0.1, 0.15) is 10.7 Å². The minimum Gasteiger partial charge on any atom is -0.462 e. The molecule has 2 heterocycles. The van der Waals surface area contributed by atoms with Crippen LogP contribution in [-0.4, -0.2) is 35.1 Å². The number of aromatic nitrogens is 1. The van der Waals surface area contributed by atoms with Crippen molar-refractivity contribution in [3.8, 4) is 6.07 Å². The zero-order chi connectivity index (χ0) is 17.0. The molecule has 0 amide bonds. The molecule has 0 radical (unpaired) electrons. The molecule has 1 fully saturated rings. The van der Waals surface area contributed by atoms with E-state index in [9.17, 15) is 10.1 Å². The fourth-order valence-electron chi connectivity index (χ4n) is 2.82. The van der Waals surface area contributed by atoms with Crippen LogP contribution in [0.3, 0.4) is 0 Å². The first kappa shape index (κ1) is 17.6. The number of esters is 1. The highest BCUT2D eigenvalue weighted by Crippen LogP contribution is 2.20. The molecule has 23 heavy (non-hydrogen) atoms. The van der Waals surface area contributed by atoms with Gasteiger partial charge in [0.05, 0.1) is 24.4 Å². The van der Waals surface area contributed by atoms with Crippen LogP contribution in [0.5, 0.6) is 0 Å². The summed E-state index contributed by atoms with van der Waals surface area (Å²) in [6.45, 7) is 8.82. The molecule has 2 rings (SSSR count). The summed E-state index contributed by atoms with van der Waals surface area (Å²) in [6.07, 6.45) is 2.32. The molecule has 0 saturated carbocycles. The van der Waals surface area contributed by atoms with Crippen LogP contribution >= 0.6 is 12.2 Å². The highest BCUT2D eigenvalue weighted by molar-refractivity contribution is 7.71. The first-order valence-corrected chi connectivity index (χ1v) is 8.42. The molecule has 1 aliphatic heterocycles. The van der Waals surface area contributed by atoms with Crippen LogP contribution in [0, 0.1) is 28.8 Å². The van der Waals surface area contributed by atoms with Gasteiger partial charge in [-0.15, -0.1) is 0 Å². The molecule has 1 aromatic heterocycles. The topological polar surface area (TPSA) is 58.3 Å². The number of carbonyl (C=O) groups excluding carboxylic acids is 1. The fraction of sp³-hybridized carbons (Fsp3) is 0.588. The van der Waals surface area contributed by atoms with Crippen molar-refractivity contribution in [3.63, 3.8) is 0 Å². The standard InChI is InChI=1S/C17H23N3O2S/c1-4-22-17(21)15-9-14(10-18)16(23)20(13(15)3)11-19-7-5-12(2)6-8-19/h9,12H,4-8,11H2,1-3H3. The number of nitrogens with zero attached hydrogens (tertiary/aromatic N) is 3. The van der Waals surface area contributed by atoms with Gasteiger partial charge in [-0.05, 0) is 38.7 Å². The van der Waals surface area contributed by atoms with Crippen molar-refractivity contribution >= 4 is 18.2 Å². The minimum atomic E-state index is -0.405. The second-order valence-electron chi connectivity index (χ2n) is 6.06. The fourth-order valence-corrected chi connectivity index (χ4v) is 3.12. The van der Waals surface area contributed by atoms with Crippen LogP contribution in [0.15, 0.2) is 6.07 Å². The van der Waals surface area contributed by atoms with E-state index < -0.39 is 5.97 Å². The van der Waals surface area contributed by atoms with Crippen LogP contribution < -0.4 is 0 Å². The predicted octanol–water partition coefficient (Wildman–Crippen LogP) is 3.26. The van der Waals surface area contributed by atoms with Crippen molar-refractivity contribution in [2.75, 3.05) is 19.7 Å². The molecule has 0 aromatic carbocycles. The Morgan fingerprint density at radius 2 is 2.13 bits per heavy atom. The SMILES string of the molecule is CCOC(=O)c1cc(C#N)c(=S)n(CN2CCC(C)CC2)c1C. The Hall–Kier alpha value is -1.71. The number of ether oxygens (including phenoxy) is 1. The summed E-state index contributed by atoms with van der Waals surface area (Å²) < 4.78 is 7.47. The van der Waals surface area contributed by atoms with E-state index in [2.05, 4.69) is 17.9 Å². The zero-order valence-corrected chi connectivity index (χ0v) is 14.8. The number of pyridine rings is 1. The first-order valence-electron chi connectivity index (χ1n) is 8.02. The number of hydrogen-bond acceptors (Lipinski definition) is 5. The maximum absolute atomic E-state index is 12.1. The van der Waals surface area contributed by atoms with Crippen molar-refractivity contribution in [1.29, 1.82) is 5.26 Å². The van der Waals surface area contributed by atoms with E-state index in [0.717, 1.165) is 37.5 Å². The van der Waals surface area contributed by atoms with Gasteiger partial charge in [-0.3, -0.25) is 4.90 Å². The van der Waals surface area contributed by atoms with Gasteiger partial charge < -0.3 is 9.30 Å².